The zero-order valence-corrected chi connectivity index (χ0v) is 21.3. The van der Waals surface area contributed by atoms with Crippen LogP contribution in [0.15, 0.2) is 53.8 Å². The number of amides is 2. The van der Waals surface area contributed by atoms with Crippen molar-refractivity contribution in [2.75, 3.05) is 19.6 Å². The molecule has 3 aromatic rings. The van der Waals surface area contributed by atoms with Crippen LogP contribution in [0.5, 0.6) is 0 Å². The smallest absolute Gasteiger partial charge is 0.256 e. The van der Waals surface area contributed by atoms with E-state index < -0.39 is 0 Å². The van der Waals surface area contributed by atoms with Crippen LogP contribution in [0, 0.1) is 12.8 Å². The van der Waals surface area contributed by atoms with E-state index in [1.165, 1.54) is 11.6 Å². The van der Waals surface area contributed by atoms with Crippen LogP contribution in [0.25, 0.3) is 10.9 Å². The molecular formula is C27H27BrN4O3. The zero-order chi connectivity index (χ0) is 24.7. The lowest BCUT2D eigenvalue weighted by Crippen LogP contribution is -2.50. The Bertz CT molecular complexity index is 1360. The molecule has 0 aliphatic carbocycles. The van der Waals surface area contributed by atoms with E-state index in [1.54, 1.807) is 11.1 Å². The van der Waals surface area contributed by atoms with E-state index in [9.17, 15) is 14.4 Å². The summed E-state index contributed by atoms with van der Waals surface area (Å²) in [6, 6.07) is 7.87. The molecular weight excluding hydrogens is 508 g/mol. The first-order valence-corrected chi connectivity index (χ1v) is 12.6. The lowest BCUT2D eigenvalue weighted by atomic mass is 9.94. The first-order valence-electron chi connectivity index (χ1n) is 11.8. The van der Waals surface area contributed by atoms with Gasteiger partial charge in [-0.05, 0) is 54.8 Å². The molecule has 2 aromatic heterocycles. The molecule has 0 bridgehead atoms. The van der Waals surface area contributed by atoms with E-state index >= 15 is 0 Å². The third-order valence-electron chi connectivity index (χ3n) is 7.10. The number of aromatic nitrogens is 2. The van der Waals surface area contributed by atoms with Gasteiger partial charge in [-0.3, -0.25) is 19.4 Å². The average Bonchev–Trinajstić information content (AvgIpc) is 3.10. The van der Waals surface area contributed by atoms with E-state index in [0.29, 0.717) is 38.2 Å². The van der Waals surface area contributed by atoms with Gasteiger partial charge in [-0.2, -0.15) is 0 Å². The van der Waals surface area contributed by atoms with Crippen molar-refractivity contribution >= 4 is 44.4 Å². The standard InChI is InChI=1S/C27H27BrN4O3/c1-3-25(34)31-13-18(14-31)10-22(33)16-32-17(2)26(23-11-21(28)4-5-24(23)32)27(35)30-9-7-19-6-8-29-12-20(19)15-30/h3-6,8,11-12,18H,1,7,9-10,13-16H2,2H3. The Balaban J connectivity index is 1.39. The Labute approximate surface area is 212 Å². The van der Waals surface area contributed by atoms with Gasteiger partial charge < -0.3 is 14.4 Å². The van der Waals surface area contributed by atoms with E-state index in [-0.39, 0.29) is 30.1 Å². The number of benzene rings is 1. The van der Waals surface area contributed by atoms with Crippen LogP contribution in [0.1, 0.15) is 33.6 Å². The van der Waals surface area contributed by atoms with Crippen molar-refractivity contribution in [2.24, 2.45) is 5.92 Å². The van der Waals surface area contributed by atoms with Gasteiger partial charge >= 0.3 is 0 Å². The highest BCUT2D eigenvalue weighted by molar-refractivity contribution is 9.10. The number of carbonyl (C=O) groups is 3. The maximum absolute atomic E-state index is 13.8. The summed E-state index contributed by atoms with van der Waals surface area (Å²) in [6.45, 7) is 7.99. The quantitative estimate of drug-likeness (QED) is 0.449. The van der Waals surface area contributed by atoms with Crippen LogP contribution in [0.3, 0.4) is 0 Å². The third-order valence-corrected chi connectivity index (χ3v) is 7.59. The fourth-order valence-corrected chi connectivity index (χ4v) is 5.57. The van der Waals surface area contributed by atoms with E-state index in [1.807, 2.05) is 46.9 Å². The molecule has 1 saturated heterocycles. The lowest BCUT2D eigenvalue weighted by molar-refractivity contribution is -0.134. The Kier molecular flexibility index (Phi) is 6.32. The van der Waals surface area contributed by atoms with Gasteiger partial charge in [0.2, 0.25) is 5.91 Å². The summed E-state index contributed by atoms with van der Waals surface area (Å²) in [7, 11) is 0. The third kappa shape index (κ3) is 4.43. The van der Waals surface area contributed by atoms with Crippen LogP contribution in [0.4, 0.5) is 0 Å². The molecule has 0 atom stereocenters. The van der Waals surface area contributed by atoms with E-state index in [2.05, 4.69) is 27.5 Å². The van der Waals surface area contributed by atoms with Crippen LogP contribution >= 0.6 is 15.9 Å². The average molecular weight is 535 g/mol. The highest BCUT2D eigenvalue weighted by Gasteiger charge is 2.32. The molecule has 4 heterocycles. The highest BCUT2D eigenvalue weighted by Crippen LogP contribution is 2.32. The molecule has 5 rings (SSSR count). The minimum atomic E-state index is -0.0919. The summed E-state index contributed by atoms with van der Waals surface area (Å²) >= 11 is 3.54. The van der Waals surface area contributed by atoms with Crippen molar-refractivity contribution < 1.29 is 14.4 Å². The summed E-state index contributed by atoms with van der Waals surface area (Å²) in [5, 5.41) is 0.845. The molecule has 7 nitrogen and oxygen atoms in total. The molecule has 35 heavy (non-hydrogen) atoms. The van der Waals surface area contributed by atoms with Gasteiger partial charge in [0.05, 0.1) is 12.1 Å². The molecule has 180 valence electrons. The Morgan fingerprint density at radius 2 is 1.97 bits per heavy atom. The number of Topliss-reactive ketones (excluding diaryl/α,β-unsaturated/α-hetero) is 1. The van der Waals surface area contributed by atoms with E-state index in [4.69, 9.17) is 0 Å². The number of halogens is 1. The second-order valence-corrected chi connectivity index (χ2v) is 10.3. The molecule has 2 aliphatic rings. The summed E-state index contributed by atoms with van der Waals surface area (Å²) in [5.74, 6) is 0.154. The van der Waals surface area contributed by atoms with E-state index in [0.717, 1.165) is 33.1 Å². The molecule has 2 aliphatic heterocycles. The summed E-state index contributed by atoms with van der Waals surface area (Å²) in [4.78, 5) is 46.2. The first kappa shape index (κ1) is 23.5. The second kappa shape index (κ2) is 9.41. The Hall–Kier alpha value is -3.26. The van der Waals surface area contributed by atoms with Crippen LogP contribution in [0.2, 0.25) is 0 Å². The second-order valence-electron chi connectivity index (χ2n) is 9.39. The molecule has 0 radical (unpaired) electrons. The van der Waals surface area contributed by atoms with Crippen molar-refractivity contribution in [1.82, 2.24) is 19.4 Å². The molecule has 1 fully saturated rings. The molecule has 8 heteroatoms. The van der Waals surface area contributed by atoms with Gasteiger partial charge in [-0.1, -0.05) is 22.5 Å². The molecule has 0 unspecified atom stereocenters. The topological polar surface area (TPSA) is 75.5 Å². The number of hydrogen-bond donors (Lipinski definition) is 0. The number of carbonyl (C=O) groups excluding carboxylic acids is 3. The first-order chi connectivity index (χ1) is 16.9. The van der Waals surface area contributed by atoms with Gasteiger partial charge in [-0.15, -0.1) is 0 Å². The number of rotatable bonds is 6. The largest absolute Gasteiger partial charge is 0.338 e. The fourth-order valence-electron chi connectivity index (χ4n) is 5.21. The maximum atomic E-state index is 13.8. The number of fused-ring (bicyclic) bond motifs is 2. The van der Waals surface area contributed by atoms with Gasteiger partial charge in [-0.25, -0.2) is 0 Å². The number of ketones is 1. The molecule has 0 saturated carbocycles. The van der Waals surface area contributed by atoms with Gasteiger partial charge in [0, 0.05) is 72.0 Å². The minimum absolute atomic E-state index is 0.0242. The van der Waals surface area contributed by atoms with Crippen LogP contribution in [-0.2, 0) is 29.1 Å². The van der Waals surface area contributed by atoms with Crippen molar-refractivity contribution in [2.45, 2.75) is 32.9 Å². The molecule has 0 spiro atoms. The number of hydrogen-bond acceptors (Lipinski definition) is 4. The molecule has 2 amide bonds. The summed E-state index contributed by atoms with van der Waals surface area (Å²) < 4.78 is 2.85. The number of nitrogens with zero attached hydrogens (tertiary/aromatic N) is 4. The Morgan fingerprint density at radius 1 is 1.17 bits per heavy atom. The van der Waals surface area contributed by atoms with Crippen LogP contribution in [-0.4, -0.2) is 56.6 Å². The van der Waals surface area contributed by atoms with Crippen LogP contribution < -0.4 is 0 Å². The maximum Gasteiger partial charge on any atom is 0.256 e. The van der Waals surface area contributed by atoms with Crippen molar-refractivity contribution in [3.63, 3.8) is 0 Å². The summed E-state index contributed by atoms with van der Waals surface area (Å²) in [5.41, 5.74) is 4.63. The molecule has 0 N–H and O–H groups in total. The van der Waals surface area contributed by atoms with Crippen molar-refractivity contribution in [3.05, 3.63) is 76.2 Å². The highest BCUT2D eigenvalue weighted by atomic mass is 79.9. The SMILES string of the molecule is C=CC(=O)N1CC(CC(=O)Cn2c(C)c(C(=O)N3CCc4ccncc4C3)c3cc(Br)ccc32)C1. The zero-order valence-electron chi connectivity index (χ0n) is 19.7. The van der Waals surface area contributed by atoms with Crippen molar-refractivity contribution in [1.29, 1.82) is 0 Å². The number of pyridine rings is 1. The monoisotopic (exact) mass is 534 g/mol. The summed E-state index contributed by atoms with van der Waals surface area (Å²) in [6.07, 6.45) is 6.15. The predicted molar refractivity (Wildman–Crippen MR) is 137 cm³/mol. The van der Waals surface area contributed by atoms with Gasteiger partial charge in [0.1, 0.15) is 0 Å². The number of likely N-dealkylation sites (tertiary alicyclic amines) is 1. The lowest BCUT2D eigenvalue weighted by Gasteiger charge is -2.38. The fraction of sp³-hybridized carbons (Fsp3) is 0.333. The minimum Gasteiger partial charge on any atom is -0.338 e. The predicted octanol–water partition coefficient (Wildman–Crippen LogP) is 3.91. The Morgan fingerprint density at radius 3 is 2.74 bits per heavy atom. The van der Waals surface area contributed by atoms with Crippen molar-refractivity contribution in [3.8, 4) is 0 Å². The van der Waals surface area contributed by atoms with Gasteiger partial charge in [0.15, 0.2) is 5.78 Å². The normalized spacial score (nSPS) is 15.6. The molecule has 1 aromatic carbocycles. The van der Waals surface area contributed by atoms with Gasteiger partial charge in [0.25, 0.3) is 5.91 Å².